The molecule has 0 aromatic carbocycles. The van der Waals surface area contributed by atoms with Gasteiger partial charge in [0.15, 0.2) is 0 Å². The Labute approximate surface area is 55.5 Å². The molecule has 0 aromatic rings. The Balaban J connectivity index is 3.28. The van der Waals surface area contributed by atoms with E-state index in [0.717, 1.165) is 12.0 Å². The van der Waals surface area contributed by atoms with E-state index in [4.69, 9.17) is 0 Å². The lowest BCUT2D eigenvalue weighted by Gasteiger charge is -1.96. The summed E-state index contributed by atoms with van der Waals surface area (Å²) in [7, 11) is 1.39. The number of ether oxygens (including phenoxy) is 1. The van der Waals surface area contributed by atoms with Gasteiger partial charge in [-0.25, -0.2) is 0 Å². The number of hydrogen-bond donors (Lipinski definition) is 0. The maximum absolute atomic E-state index is 10.5. The van der Waals surface area contributed by atoms with Crippen LogP contribution < -0.4 is 0 Å². The molecule has 0 heterocycles. The van der Waals surface area contributed by atoms with Gasteiger partial charge in [-0.2, -0.15) is 0 Å². The highest BCUT2D eigenvalue weighted by Gasteiger charge is 1.97. The zero-order chi connectivity index (χ0) is 7.28. The van der Waals surface area contributed by atoms with Crippen molar-refractivity contribution in [2.75, 3.05) is 7.11 Å². The predicted octanol–water partition coefficient (Wildman–Crippen LogP) is 1.52. The molecule has 0 atom stereocenters. The highest BCUT2D eigenvalue weighted by molar-refractivity contribution is 5.69. The lowest BCUT2D eigenvalue weighted by atomic mass is 10.2. The minimum absolute atomic E-state index is 0.169. The molecular formula is C7H12O2. The molecule has 0 unspecified atom stereocenters. The summed E-state index contributed by atoms with van der Waals surface area (Å²) >= 11 is 0. The maximum Gasteiger partial charge on any atom is 0.305 e. The van der Waals surface area contributed by atoms with Gasteiger partial charge >= 0.3 is 5.97 Å². The van der Waals surface area contributed by atoms with Crippen LogP contribution in [-0.4, -0.2) is 13.1 Å². The van der Waals surface area contributed by atoms with Crippen LogP contribution in [0.4, 0.5) is 0 Å². The van der Waals surface area contributed by atoms with E-state index in [1.54, 1.807) is 0 Å². The topological polar surface area (TPSA) is 26.3 Å². The molecule has 0 saturated carbocycles. The molecule has 0 aliphatic carbocycles. The van der Waals surface area contributed by atoms with Crippen LogP contribution in [0, 0.1) is 0 Å². The predicted molar refractivity (Wildman–Crippen MR) is 36.1 cm³/mol. The summed E-state index contributed by atoms with van der Waals surface area (Å²) in [4.78, 5) is 10.5. The Hall–Kier alpha value is -0.790. The third-order valence-electron chi connectivity index (χ3n) is 0.984. The molecule has 0 aliphatic heterocycles. The molecule has 52 valence electrons. The SMILES string of the molecule is C=C(C)CCC(=O)OC. The molecule has 0 rings (SSSR count). The second-order valence-corrected chi connectivity index (χ2v) is 2.03. The summed E-state index contributed by atoms with van der Waals surface area (Å²) in [6, 6.07) is 0. The highest BCUT2D eigenvalue weighted by atomic mass is 16.5. The molecule has 0 fully saturated rings. The molecule has 2 nitrogen and oxygen atoms in total. The van der Waals surface area contributed by atoms with Gasteiger partial charge in [0.05, 0.1) is 7.11 Å². The largest absolute Gasteiger partial charge is 0.469 e. The van der Waals surface area contributed by atoms with Gasteiger partial charge in [-0.15, -0.1) is 6.58 Å². The lowest BCUT2D eigenvalue weighted by Crippen LogP contribution is -1.98. The summed E-state index contributed by atoms with van der Waals surface area (Å²) in [6.45, 7) is 5.55. The lowest BCUT2D eigenvalue weighted by molar-refractivity contribution is -0.140. The van der Waals surface area contributed by atoms with E-state index >= 15 is 0 Å². The average Bonchev–Trinajstić information content (AvgIpc) is 1.83. The second-order valence-electron chi connectivity index (χ2n) is 2.03. The zero-order valence-corrected chi connectivity index (χ0v) is 5.94. The van der Waals surface area contributed by atoms with Crippen molar-refractivity contribution >= 4 is 5.97 Å². The van der Waals surface area contributed by atoms with Crippen molar-refractivity contribution in [3.05, 3.63) is 12.2 Å². The van der Waals surface area contributed by atoms with Gasteiger partial charge < -0.3 is 4.74 Å². The van der Waals surface area contributed by atoms with Crippen molar-refractivity contribution in [1.82, 2.24) is 0 Å². The first-order valence-electron chi connectivity index (χ1n) is 2.88. The van der Waals surface area contributed by atoms with Crippen molar-refractivity contribution in [3.8, 4) is 0 Å². The van der Waals surface area contributed by atoms with Gasteiger partial charge in [0, 0.05) is 6.42 Å². The number of methoxy groups -OCH3 is 1. The Morgan fingerprint density at radius 2 is 2.11 bits per heavy atom. The van der Waals surface area contributed by atoms with Crippen LogP contribution in [0.25, 0.3) is 0 Å². The minimum atomic E-state index is -0.169. The van der Waals surface area contributed by atoms with E-state index in [0.29, 0.717) is 6.42 Å². The van der Waals surface area contributed by atoms with Gasteiger partial charge in [-0.3, -0.25) is 4.79 Å². The van der Waals surface area contributed by atoms with E-state index < -0.39 is 0 Å². The zero-order valence-electron chi connectivity index (χ0n) is 5.94. The van der Waals surface area contributed by atoms with Crippen LogP contribution in [0.15, 0.2) is 12.2 Å². The van der Waals surface area contributed by atoms with Crippen LogP contribution in [0.2, 0.25) is 0 Å². The van der Waals surface area contributed by atoms with Gasteiger partial charge in [-0.1, -0.05) is 5.57 Å². The van der Waals surface area contributed by atoms with Crippen molar-refractivity contribution in [3.63, 3.8) is 0 Å². The Morgan fingerprint density at radius 3 is 2.44 bits per heavy atom. The van der Waals surface area contributed by atoms with E-state index in [1.165, 1.54) is 7.11 Å². The molecule has 2 heteroatoms. The normalized spacial score (nSPS) is 8.67. The van der Waals surface area contributed by atoms with E-state index in [-0.39, 0.29) is 5.97 Å². The van der Waals surface area contributed by atoms with Crippen molar-refractivity contribution in [2.45, 2.75) is 19.8 Å². The molecule has 0 aromatic heterocycles. The third kappa shape index (κ3) is 5.07. The summed E-state index contributed by atoms with van der Waals surface area (Å²) in [5.74, 6) is -0.169. The molecule has 0 saturated heterocycles. The molecule has 0 N–H and O–H groups in total. The van der Waals surface area contributed by atoms with Crippen LogP contribution in [-0.2, 0) is 9.53 Å². The van der Waals surface area contributed by atoms with Crippen LogP contribution in [0.1, 0.15) is 19.8 Å². The molecule has 9 heavy (non-hydrogen) atoms. The molecule has 0 amide bonds. The summed E-state index contributed by atoms with van der Waals surface area (Å²) in [6.07, 6.45) is 1.18. The quantitative estimate of drug-likeness (QED) is 0.425. The monoisotopic (exact) mass is 128 g/mol. The summed E-state index contributed by atoms with van der Waals surface area (Å²) in [5, 5.41) is 0. The van der Waals surface area contributed by atoms with Crippen molar-refractivity contribution < 1.29 is 9.53 Å². The third-order valence-corrected chi connectivity index (χ3v) is 0.984. The number of carbonyl (C=O) groups is 1. The van der Waals surface area contributed by atoms with Gasteiger partial charge in [0.25, 0.3) is 0 Å². The molecule has 0 spiro atoms. The van der Waals surface area contributed by atoms with Crippen LogP contribution in [0.3, 0.4) is 0 Å². The highest BCUT2D eigenvalue weighted by Crippen LogP contribution is 2.00. The number of rotatable bonds is 3. The van der Waals surface area contributed by atoms with E-state index in [9.17, 15) is 4.79 Å². The van der Waals surface area contributed by atoms with E-state index in [1.807, 2.05) is 6.92 Å². The molecule has 0 aliphatic rings. The molecule has 0 radical (unpaired) electrons. The second kappa shape index (κ2) is 4.13. The standard InChI is InChI=1S/C7H12O2/c1-6(2)4-5-7(8)9-3/h1,4-5H2,2-3H3. The number of allylic oxidation sites excluding steroid dienone is 1. The first kappa shape index (κ1) is 8.21. The van der Waals surface area contributed by atoms with Crippen LogP contribution >= 0.6 is 0 Å². The maximum atomic E-state index is 10.5. The first-order chi connectivity index (χ1) is 4.16. The fraction of sp³-hybridized carbons (Fsp3) is 0.571. The Bertz CT molecular complexity index is 116. The fourth-order valence-corrected chi connectivity index (χ4v) is 0.418. The van der Waals surface area contributed by atoms with Crippen molar-refractivity contribution in [1.29, 1.82) is 0 Å². The first-order valence-corrected chi connectivity index (χ1v) is 2.88. The van der Waals surface area contributed by atoms with Crippen LogP contribution in [0.5, 0.6) is 0 Å². The average molecular weight is 128 g/mol. The smallest absolute Gasteiger partial charge is 0.305 e. The number of carbonyl (C=O) groups excluding carboxylic acids is 1. The van der Waals surface area contributed by atoms with Gasteiger partial charge in [0.1, 0.15) is 0 Å². The van der Waals surface area contributed by atoms with Gasteiger partial charge in [0.2, 0.25) is 0 Å². The minimum Gasteiger partial charge on any atom is -0.469 e. The van der Waals surface area contributed by atoms with Crippen molar-refractivity contribution in [2.24, 2.45) is 0 Å². The number of hydrogen-bond acceptors (Lipinski definition) is 2. The summed E-state index contributed by atoms with van der Waals surface area (Å²) in [5.41, 5.74) is 1.01. The fourth-order valence-electron chi connectivity index (χ4n) is 0.418. The molecular weight excluding hydrogens is 116 g/mol. The summed E-state index contributed by atoms with van der Waals surface area (Å²) < 4.78 is 4.42. The van der Waals surface area contributed by atoms with E-state index in [2.05, 4.69) is 11.3 Å². The Kier molecular flexibility index (Phi) is 3.76. The van der Waals surface area contributed by atoms with Gasteiger partial charge in [-0.05, 0) is 13.3 Å². The Morgan fingerprint density at radius 1 is 1.56 bits per heavy atom. The molecule has 0 bridgehead atoms. The number of esters is 1.